The molecule has 0 fully saturated rings. The summed E-state index contributed by atoms with van der Waals surface area (Å²) in [5.74, 6) is -1.25. The van der Waals surface area contributed by atoms with Gasteiger partial charge in [-0.2, -0.15) is 0 Å². The number of esters is 1. The van der Waals surface area contributed by atoms with Crippen LogP contribution in [0, 0.1) is 6.92 Å². The Morgan fingerprint density at radius 3 is 2.47 bits per heavy atom. The topological polar surface area (TPSA) is 55.4 Å². The van der Waals surface area contributed by atoms with Crippen LogP contribution < -0.4 is 5.32 Å². The average Bonchev–Trinajstić information content (AvgIpc) is 2.32. The highest BCUT2D eigenvalue weighted by Gasteiger charge is 2.13. The van der Waals surface area contributed by atoms with Crippen molar-refractivity contribution in [1.29, 1.82) is 0 Å². The Labute approximate surface area is 101 Å². The summed E-state index contributed by atoms with van der Waals surface area (Å²) in [6.45, 7) is 4.35. The normalized spacial score (nSPS) is 9.76. The fourth-order valence-electron chi connectivity index (χ4n) is 1.31. The number of hydrogen-bond acceptors (Lipinski definition) is 4. The summed E-state index contributed by atoms with van der Waals surface area (Å²) in [4.78, 5) is 22.3. The highest BCUT2D eigenvalue weighted by molar-refractivity contribution is 6.33. The minimum absolute atomic E-state index is 0.146. The first-order valence-corrected chi connectivity index (χ1v) is 5.64. The molecular formula is C13H17NO3. The van der Waals surface area contributed by atoms with Gasteiger partial charge in [-0.3, -0.25) is 4.79 Å². The number of carbonyl (C=O) groups excluding carboxylic acids is 2. The Bertz CT molecular complexity index is 384. The van der Waals surface area contributed by atoms with Crippen LogP contribution in [0.5, 0.6) is 0 Å². The summed E-state index contributed by atoms with van der Waals surface area (Å²) in [5, 5.41) is 3.07. The first kappa shape index (κ1) is 13.2. The SMILES string of the molecule is CCOC(=O)C(=O)CCNc1ccc(C)cc1. The van der Waals surface area contributed by atoms with E-state index in [1.165, 1.54) is 5.56 Å². The molecule has 0 saturated carbocycles. The number of benzene rings is 1. The van der Waals surface area contributed by atoms with E-state index in [1.54, 1.807) is 6.92 Å². The van der Waals surface area contributed by atoms with E-state index in [1.807, 2.05) is 31.2 Å². The highest BCUT2D eigenvalue weighted by atomic mass is 16.5. The van der Waals surface area contributed by atoms with Crippen molar-refractivity contribution in [3.05, 3.63) is 29.8 Å². The van der Waals surface area contributed by atoms with Crippen molar-refractivity contribution in [2.24, 2.45) is 0 Å². The molecule has 1 N–H and O–H groups in total. The molecule has 0 heterocycles. The van der Waals surface area contributed by atoms with Crippen LogP contribution in [0.2, 0.25) is 0 Å². The number of rotatable bonds is 6. The molecule has 92 valence electrons. The summed E-state index contributed by atoms with van der Waals surface area (Å²) >= 11 is 0. The van der Waals surface area contributed by atoms with Gasteiger partial charge in [0.1, 0.15) is 0 Å². The molecule has 0 atom stereocenters. The molecule has 17 heavy (non-hydrogen) atoms. The van der Waals surface area contributed by atoms with Crippen molar-refractivity contribution in [1.82, 2.24) is 0 Å². The second kappa shape index (κ2) is 6.68. The lowest BCUT2D eigenvalue weighted by Crippen LogP contribution is -2.20. The monoisotopic (exact) mass is 235 g/mol. The molecule has 4 heteroatoms. The average molecular weight is 235 g/mol. The lowest BCUT2D eigenvalue weighted by atomic mass is 10.2. The van der Waals surface area contributed by atoms with Crippen molar-refractivity contribution < 1.29 is 14.3 Å². The van der Waals surface area contributed by atoms with Gasteiger partial charge in [0, 0.05) is 18.7 Å². The van der Waals surface area contributed by atoms with Crippen LogP contribution in [0.25, 0.3) is 0 Å². The van der Waals surface area contributed by atoms with Crippen LogP contribution in [-0.4, -0.2) is 24.9 Å². The molecule has 0 aliphatic heterocycles. The zero-order chi connectivity index (χ0) is 12.7. The maximum absolute atomic E-state index is 11.3. The van der Waals surface area contributed by atoms with Gasteiger partial charge in [0.05, 0.1) is 6.61 Å². The first-order valence-electron chi connectivity index (χ1n) is 5.64. The van der Waals surface area contributed by atoms with Crippen molar-refractivity contribution in [3.63, 3.8) is 0 Å². The van der Waals surface area contributed by atoms with Crippen LogP contribution in [0.3, 0.4) is 0 Å². The van der Waals surface area contributed by atoms with Gasteiger partial charge >= 0.3 is 5.97 Å². The van der Waals surface area contributed by atoms with Crippen molar-refractivity contribution in [2.45, 2.75) is 20.3 Å². The zero-order valence-electron chi connectivity index (χ0n) is 10.2. The van der Waals surface area contributed by atoms with E-state index < -0.39 is 11.8 Å². The molecule has 0 aromatic heterocycles. The number of aryl methyl sites for hydroxylation is 1. The minimum atomic E-state index is -0.752. The van der Waals surface area contributed by atoms with E-state index in [0.29, 0.717) is 6.54 Å². The smallest absolute Gasteiger partial charge is 0.374 e. The van der Waals surface area contributed by atoms with Crippen LogP contribution in [0.15, 0.2) is 24.3 Å². The predicted molar refractivity (Wildman–Crippen MR) is 65.9 cm³/mol. The minimum Gasteiger partial charge on any atom is -0.460 e. The molecule has 0 bridgehead atoms. The summed E-state index contributed by atoms with van der Waals surface area (Å²) in [5.41, 5.74) is 2.12. The lowest BCUT2D eigenvalue weighted by Gasteiger charge is -2.05. The lowest BCUT2D eigenvalue weighted by molar-refractivity contribution is -0.153. The largest absolute Gasteiger partial charge is 0.460 e. The number of hydrogen-bond donors (Lipinski definition) is 1. The van der Waals surface area contributed by atoms with E-state index in [-0.39, 0.29) is 13.0 Å². The van der Waals surface area contributed by atoms with Gasteiger partial charge in [-0.05, 0) is 26.0 Å². The predicted octanol–water partition coefficient (Wildman–Crippen LogP) is 1.93. The molecule has 0 aliphatic rings. The van der Waals surface area contributed by atoms with E-state index in [2.05, 4.69) is 10.1 Å². The molecule has 0 amide bonds. The van der Waals surface area contributed by atoms with Crippen molar-refractivity contribution in [2.75, 3.05) is 18.5 Å². The van der Waals surface area contributed by atoms with E-state index >= 15 is 0 Å². The number of ether oxygens (including phenoxy) is 1. The Balaban J connectivity index is 2.30. The second-order valence-corrected chi connectivity index (χ2v) is 3.69. The van der Waals surface area contributed by atoms with E-state index in [0.717, 1.165) is 5.69 Å². The molecule has 0 saturated heterocycles. The number of nitrogens with one attached hydrogen (secondary N) is 1. The summed E-state index contributed by atoms with van der Waals surface area (Å²) < 4.78 is 4.61. The van der Waals surface area contributed by atoms with E-state index in [9.17, 15) is 9.59 Å². The number of Topliss-reactive ketones (excluding diaryl/α,β-unsaturated/α-hetero) is 1. The number of carbonyl (C=O) groups is 2. The maximum Gasteiger partial charge on any atom is 0.374 e. The zero-order valence-corrected chi connectivity index (χ0v) is 10.2. The van der Waals surface area contributed by atoms with Crippen LogP contribution in [0.1, 0.15) is 18.9 Å². The Morgan fingerprint density at radius 2 is 1.88 bits per heavy atom. The van der Waals surface area contributed by atoms with Crippen LogP contribution in [-0.2, 0) is 14.3 Å². The molecule has 0 unspecified atom stereocenters. The molecule has 0 spiro atoms. The summed E-state index contributed by atoms with van der Waals surface area (Å²) in [6.07, 6.45) is 0.146. The molecule has 1 aromatic rings. The fraction of sp³-hybridized carbons (Fsp3) is 0.385. The third-order valence-electron chi connectivity index (χ3n) is 2.24. The quantitative estimate of drug-likeness (QED) is 0.604. The Hall–Kier alpha value is -1.84. The first-order chi connectivity index (χ1) is 8.13. The van der Waals surface area contributed by atoms with Gasteiger partial charge in [-0.1, -0.05) is 17.7 Å². The van der Waals surface area contributed by atoms with Gasteiger partial charge < -0.3 is 10.1 Å². The van der Waals surface area contributed by atoms with Gasteiger partial charge in [-0.15, -0.1) is 0 Å². The van der Waals surface area contributed by atoms with Gasteiger partial charge in [0.2, 0.25) is 5.78 Å². The molecule has 4 nitrogen and oxygen atoms in total. The molecule has 0 aliphatic carbocycles. The van der Waals surface area contributed by atoms with Gasteiger partial charge in [0.25, 0.3) is 0 Å². The fourth-order valence-corrected chi connectivity index (χ4v) is 1.31. The second-order valence-electron chi connectivity index (χ2n) is 3.69. The molecular weight excluding hydrogens is 218 g/mol. The Kier molecular flexibility index (Phi) is 5.20. The van der Waals surface area contributed by atoms with Crippen LogP contribution >= 0.6 is 0 Å². The summed E-state index contributed by atoms with van der Waals surface area (Å²) in [7, 11) is 0. The summed E-state index contributed by atoms with van der Waals surface area (Å²) in [6, 6.07) is 7.83. The van der Waals surface area contributed by atoms with E-state index in [4.69, 9.17) is 0 Å². The third kappa shape index (κ3) is 4.68. The maximum atomic E-state index is 11.3. The standard InChI is InChI=1S/C13H17NO3/c1-3-17-13(16)12(15)8-9-14-11-6-4-10(2)5-7-11/h4-7,14H,3,8-9H2,1-2H3. The van der Waals surface area contributed by atoms with Crippen LogP contribution in [0.4, 0.5) is 5.69 Å². The highest BCUT2D eigenvalue weighted by Crippen LogP contribution is 2.08. The van der Waals surface area contributed by atoms with Crippen molar-refractivity contribution >= 4 is 17.4 Å². The molecule has 1 rings (SSSR count). The van der Waals surface area contributed by atoms with Crippen molar-refractivity contribution in [3.8, 4) is 0 Å². The molecule has 1 aromatic carbocycles. The Morgan fingerprint density at radius 1 is 1.24 bits per heavy atom. The number of ketones is 1. The molecule has 0 radical (unpaired) electrons. The number of anilines is 1. The van der Waals surface area contributed by atoms with Gasteiger partial charge in [0.15, 0.2) is 0 Å². The third-order valence-corrected chi connectivity index (χ3v) is 2.24. The van der Waals surface area contributed by atoms with Gasteiger partial charge in [-0.25, -0.2) is 4.79 Å².